The van der Waals surface area contributed by atoms with Crippen molar-refractivity contribution in [1.29, 1.82) is 0 Å². The second kappa shape index (κ2) is 4.65. The van der Waals surface area contributed by atoms with Crippen LogP contribution in [0.2, 0.25) is 0 Å². The van der Waals surface area contributed by atoms with Crippen molar-refractivity contribution in [2.75, 3.05) is 13.2 Å². The van der Waals surface area contributed by atoms with Crippen molar-refractivity contribution in [2.45, 2.75) is 31.7 Å². The maximum absolute atomic E-state index is 13.3. The van der Waals surface area contributed by atoms with Crippen LogP contribution in [-0.2, 0) is 0 Å². The molecule has 3 rings (SSSR count). The van der Waals surface area contributed by atoms with Gasteiger partial charge in [0.25, 0.3) is 0 Å². The van der Waals surface area contributed by atoms with Gasteiger partial charge < -0.3 is 10.1 Å². The number of nitrogens with one attached hydrogen (secondary N) is 1. The van der Waals surface area contributed by atoms with E-state index in [4.69, 9.17) is 4.74 Å². The average Bonchev–Trinajstić information content (AvgIpc) is 3.00. The monoisotopic (exact) mass is 235 g/mol. The third-order valence-corrected chi connectivity index (χ3v) is 3.58. The lowest BCUT2D eigenvalue weighted by atomic mass is 10.0. The molecule has 2 aliphatic rings. The minimum atomic E-state index is -0.174. The molecule has 3 heteroatoms. The molecule has 1 saturated heterocycles. The Kier molecular flexibility index (Phi) is 3.02. The summed E-state index contributed by atoms with van der Waals surface area (Å²) in [5.74, 6) is 1.41. The predicted octanol–water partition coefficient (Wildman–Crippen LogP) is 3.04. The third-order valence-electron chi connectivity index (χ3n) is 3.58. The van der Waals surface area contributed by atoms with Crippen LogP contribution in [0.3, 0.4) is 0 Å². The molecule has 17 heavy (non-hydrogen) atoms. The summed E-state index contributed by atoms with van der Waals surface area (Å²) in [6.07, 6.45) is 4.78. The fraction of sp³-hybridized carbons (Fsp3) is 0.571. The van der Waals surface area contributed by atoms with Crippen molar-refractivity contribution >= 4 is 0 Å². The number of benzene rings is 1. The Morgan fingerprint density at radius 2 is 2.18 bits per heavy atom. The van der Waals surface area contributed by atoms with E-state index in [1.54, 1.807) is 12.1 Å². The quantitative estimate of drug-likeness (QED) is 0.866. The highest BCUT2D eigenvalue weighted by Crippen LogP contribution is 2.34. The van der Waals surface area contributed by atoms with Gasteiger partial charge in [-0.2, -0.15) is 0 Å². The van der Waals surface area contributed by atoms with E-state index in [-0.39, 0.29) is 11.9 Å². The second-order valence-corrected chi connectivity index (χ2v) is 5.09. The van der Waals surface area contributed by atoms with Gasteiger partial charge >= 0.3 is 0 Å². The zero-order valence-electron chi connectivity index (χ0n) is 9.92. The summed E-state index contributed by atoms with van der Waals surface area (Å²) in [5.41, 5.74) is 0.989. The maximum Gasteiger partial charge on any atom is 0.124 e. The van der Waals surface area contributed by atoms with E-state index in [0.29, 0.717) is 0 Å². The van der Waals surface area contributed by atoms with Gasteiger partial charge in [-0.15, -0.1) is 0 Å². The zero-order valence-corrected chi connectivity index (χ0v) is 9.92. The van der Waals surface area contributed by atoms with Crippen LogP contribution in [0.4, 0.5) is 4.39 Å². The highest BCUT2D eigenvalue weighted by atomic mass is 19.1. The molecule has 1 heterocycles. The number of hydrogen-bond donors (Lipinski definition) is 1. The van der Waals surface area contributed by atoms with Gasteiger partial charge in [0.15, 0.2) is 0 Å². The van der Waals surface area contributed by atoms with Crippen LogP contribution in [0.15, 0.2) is 18.2 Å². The van der Waals surface area contributed by atoms with Crippen LogP contribution < -0.4 is 10.1 Å². The standard InChI is InChI=1S/C14H18FNO/c15-11-5-6-14(17-9-10-3-4-10)12(8-11)13-2-1-7-16-13/h5-6,8,10,13,16H,1-4,7,9H2. The van der Waals surface area contributed by atoms with Crippen LogP contribution in [0.1, 0.15) is 37.3 Å². The van der Waals surface area contributed by atoms with Gasteiger partial charge in [-0.25, -0.2) is 4.39 Å². The molecular weight excluding hydrogens is 217 g/mol. The molecule has 1 unspecified atom stereocenters. The van der Waals surface area contributed by atoms with E-state index in [1.807, 2.05) is 0 Å². The van der Waals surface area contributed by atoms with E-state index in [2.05, 4.69) is 5.32 Å². The average molecular weight is 235 g/mol. The Hall–Kier alpha value is -1.09. The Morgan fingerprint density at radius 1 is 1.29 bits per heavy atom. The van der Waals surface area contributed by atoms with Gasteiger partial charge in [0.05, 0.1) is 6.61 Å². The molecule has 0 amide bonds. The van der Waals surface area contributed by atoms with Gasteiger partial charge in [-0.05, 0) is 56.3 Å². The molecule has 0 radical (unpaired) electrons. The second-order valence-electron chi connectivity index (χ2n) is 5.09. The molecule has 1 aromatic rings. The van der Waals surface area contributed by atoms with Gasteiger partial charge in [-0.1, -0.05) is 0 Å². The predicted molar refractivity (Wildman–Crippen MR) is 64.6 cm³/mol. The van der Waals surface area contributed by atoms with Crippen molar-refractivity contribution < 1.29 is 9.13 Å². The van der Waals surface area contributed by atoms with Gasteiger partial charge in [0.2, 0.25) is 0 Å². The van der Waals surface area contributed by atoms with Crippen LogP contribution in [-0.4, -0.2) is 13.2 Å². The van der Waals surface area contributed by atoms with Gasteiger partial charge in [-0.3, -0.25) is 0 Å². The first-order chi connectivity index (χ1) is 8.33. The van der Waals surface area contributed by atoms with E-state index in [9.17, 15) is 4.39 Å². The van der Waals surface area contributed by atoms with E-state index in [0.717, 1.165) is 43.2 Å². The number of ether oxygens (including phenoxy) is 1. The third kappa shape index (κ3) is 2.60. The van der Waals surface area contributed by atoms with Crippen LogP contribution in [0, 0.1) is 11.7 Å². The molecule has 1 aliphatic heterocycles. The number of rotatable bonds is 4. The molecule has 1 saturated carbocycles. The molecular formula is C14H18FNO. The highest BCUT2D eigenvalue weighted by Gasteiger charge is 2.24. The van der Waals surface area contributed by atoms with Crippen molar-refractivity contribution in [1.82, 2.24) is 5.32 Å². The summed E-state index contributed by atoms with van der Waals surface area (Å²) in [5, 5.41) is 3.40. The van der Waals surface area contributed by atoms with Crippen LogP contribution in [0.25, 0.3) is 0 Å². The molecule has 0 spiro atoms. The summed E-state index contributed by atoms with van der Waals surface area (Å²) in [7, 11) is 0. The number of halogens is 1. The van der Waals surface area contributed by atoms with Crippen LogP contribution >= 0.6 is 0 Å². The van der Waals surface area contributed by atoms with Gasteiger partial charge in [0, 0.05) is 11.6 Å². The summed E-state index contributed by atoms with van der Waals surface area (Å²) in [4.78, 5) is 0. The largest absolute Gasteiger partial charge is 0.493 e. The minimum Gasteiger partial charge on any atom is -0.493 e. The molecule has 1 N–H and O–H groups in total. The smallest absolute Gasteiger partial charge is 0.124 e. The lowest BCUT2D eigenvalue weighted by molar-refractivity contribution is 0.293. The molecule has 1 atom stereocenters. The molecule has 92 valence electrons. The first-order valence-corrected chi connectivity index (χ1v) is 6.48. The highest BCUT2D eigenvalue weighted by molar-refractivity contribution is 5.37. The SMILES string of the molecule is Fc1ccc(OCC2CC2)c(C2CCCN2)c1. The Morgan fingerprint density at radius 3 is 2.88 bits per heavy atom. The topological polar surface area (TPSA) is 21.3 Å². The van der Waals surface area contributed by atoms with Crippen molar-refractivity contribution in [2.24, 2.45) is 5.92 Å². The molecule has 2 nitrogen and oxygen atoms in total. The zero-order chi connectivity index (χ0) is 11.7. The number of hydrogen-bond acceptors (Lipinski definition) is 2. The first-order valence-electron chi connectivity index (χ1n) is 6.48. The molecule has 0 bridgehead atoms. The Balaban J connectivity index is 1.78. The van der Waals surface area contributed by atoms with Crippen LogP contribution in [0.5, 0.6) is 5.75 Å². The molecule has 1 aliphatic carbocycles. The molecule has 1 aromatic carbocycles. The Labute approximate surface area is 101 Å². The van der Waals surface area contributed by atoms with Gasteiger partial charge in [0.1, 0.15) is 11.6 Å². The summed E-state index contributed by atoms with van der Waals surface area (Å²) in [6, 6.07) is 5.14. The summed E-state index contributed by atoms with van der Waals surface area (Å²) >= 11 is 0. The Bertz CT molecular complexity index is 397. The lowest BCUT2D eigenvalue weighted by Gasteiger charge is -2.16. The normalized spacial score (nSPS) is 23.9. The van der Waals surface area contributed by atoms with Crippen molar-refractivity contribution in [3.8, 4) is 5.75 Å². The summed E-state index contributed by atoms with van der Waals surface area (Å²) in [6.45, 7) is 1.80. The van der Waals surface area contributed by atoms with E-state index in [1.165, 1.54) is 18.9 Å². The lowest BCUT2D eigenvalue weighted by Crippen LogP contribution is -2.15. The fourth-order valence-corrected chi connectivity index (χ4v) is 2.37. The van der Waals surface area contributed by atoms with E-state index < -0.39 is 0 Å². The maximum atomic E-state index is 13.3. The van der Waals surface area contributed by atoms with Crippen molar-refractivity contribution in [3.05, 3.63) is 29.6 Å². The molecule has 0 aromatic heterocycles. The van der Waals surface area contributed by atoms with E-state index >= 15 is 0 Å². The minimum absolute atomic E-state index is 0.174. The first kappa shape index (κ1) is 11.0. The fourth-order valence-electron chi connectivity index (χ4n) is 2.37. The molecule has 2 fully saturated rings. The summed E-state index contributed by atoms with van der Waals surface area (Å²) < 4.78 is 19.2. The van der Waals surface area contributed by atoms with Crippen molar-refractivity contribution in [3.63, 3.8) is 0 Å².